The van der Waals surface area contributed by atoms with Crippen LogP contribution in [-0.2, 0) is 22.6 Å². The summed E-state index contributed by atoms with van der Waals surface area (Å²) in [5.74, 6) is 0.910. The highest BCUT2D eigenvalue weighted by Crippen LogP contribution is 2.31. The van der Waals surface area contributed by atoms with Gasteiger partial charge in [-0.3, -0.25) is 9.59 Å². The van der Waals surface area contributed by atoms with Crippen LogP contribution in [0.3, 0.4) is 0 Å². The Labute approximate surface area is 159 Å². The van der Waals surface area contributed by atoms with Gasteiger partial charge in [0.1, 0.15) is 5.76 Å². The quantitative estimate of drug-likeness (QED) is 0.833. The van der Waals surface area contributed by atoms with Gasteiger partial charge in [-0.1, -0.05) is 35.5 Å². The molecule has 0 spiro atoms. The highest BCUT2D eigenvalue weighted by molar-refractivity contribution is 5.84. The van der Waals surface area contributed by atoms with Crippen LogP contribution in [-0.4, -0.2) is 45.9 Å². The maximum absolute atomic E-state index is 13.0. The molecule has 4 heterocycles. The van der Waals surface area contributed by atoms with Gasteiger partial charge in [-0.15, -0.1) is 0 Å². The van der Waals surface area contributed by atoms with E-state index in [1.165, 1.54) is 0 Å². The van der Waals surface area contributed by atoms with Crippen molar-refractivity contribution in [3.05, 3.63) is 52.9 Å². The molecule has 0 radical (unpaired) electrons. The lowest BCUT2D eigenvalue weighted by Gasteiger charge is -2.35. The van der Waals surface area contributed by atoms with E-state index in [1.807, 2.05) is 54.0 Å². The number of aryl methyl sites for hydroxylation is 2. The van der Waals surface area contributed by atoms with Crippen molar-refractivity contribution in [1.82, 2.24) is 15.0 Å². The zero-order valence-corrected chi connectivity index (χ0v) is 15.9. The molecule has 2 atom stereocenters. The molecule has 1 aromatic carbocycles. The Bertz CT molecular complexity index is 826. The lowest BCUT2D eigenvalue weighted by atomic mass is 9.93. The van der Waals surface area contributed by atoms with E-state index >= 15 is 0 Å². The summed E-state index contributed by atoms with van der Waals surface area (Å²) >= 11 is 0. The number of fused-ring (bicyclic) bond motifs is 4. The zero-order valence-electron chi connectivity index (χ0n) is 15.9. The second kappa shape index (κ2) is 7.18. The van der Waals surface area contributed by atoms with E-state index in [4.69, 9.17) is 4.52 Å². The number of carbonyl (C=O) groups excluding carboxylic acids is 2. The number of piperidine rings is 1. The summed E-state index contributed by atoms with van der Waals surface area (Å²) in [6.07, 6.45) is 2.18. The standard InChI is InChI=1S/C21H25N3O3/c1-14-19(15(2)27-22-14)13-24-18-9-8-17(21(24)26)11-23(12-18)20(25)10-16-6-4-3-5-7-16/h3-7,17-18H,8-13H2,1-2H3/t17-,18+/m1/s1. The Morgan fingerprint density at radius 2 is 1.96 bits per heavy atom. The van der Waals surface area contributed by atoms with Crippen LogP contribution in [0.25, 0.3) is 0 Å². The molecule has 2 amide bonds. The third-order valence-corrected chi connectivity index (χ3v) is 5.85. The first kappa shape index (κ1) is 17.8. The van der Waals surface area contributed by atoms with Gasteiger partial charge in [0.15, 0.2) is 0 Å². The van der Waals surface area contributed by atoms with Crippen molar-refractivity contribution in [3.63, 3.8) is 0 Å². The molecule has 2 aromatic rings. The second-order valence-electron chi connectivity index (χ2n) is 7.66. The lowest BCUT2D eigenvalue weighted by molar-refractivity contribution is -0.140. The number of nitrogens with zero attached hydrogens (tertiary/aromatic N) is 3. The van der Waals surface area contributed by atoms with E-state index in [-0.39, 0.29) is 23.8 Å². The summed E-state index contributed by atoms with van der Waals surface area (Å²) in [4.78, 5) is 29.7. The number of rotatable bonds is 4. The first-order valence-corrected chi connectivity index (χ1v) is 9.57. The van der Waals surface area contributed by atoms with Crippen molar-refractivity contribution in [2.45, 2.75) is 45.7 Å². The topological polar surface area (TPSA) is 66.7 Å². The van der Waals surface area contributed by atoms with Crippen LogP contribution in [0.1, 0.15) is 35.4 Å². The maximum Gasteiger partial charge on any atom is 0.228 e. The molecule has 1 aromatic heterocycles. The van der Waals surface area contributed by atoms with Gasteiger partial charge in [0.05, 0.1) is 24.6 Å². The molecule has 27 heavy (non-hydrogen) atoms. The normalized spacial score (nSPS) is 22.2. The second-order valence-corrected chi connectivity index (χ2v) is 7.66. The first-order valence-electron chi connectivity index (χ1n) is 9.57. The third kappa shape index (κ3) is 3.48. The van der Waals surface area contributed by atoms with Gasteiger partial charge in [0, 0.05) is 24.7 Å². The molecule has 6 nitrogen and oxygen atoms in total. The summed E-state index contributed by atoms with van der Waals surface area (Å²) in [6, 6.07) is 9.85. The Kier molecular flexibility index (Phi) is 4.72. The maximum atomic E-state index is 13.0. The number of aromatic nitrogens is 1. The van der Waals surface area contributed by atoms with Crippen molar-refractivity contribution in [1.29, 1.82) is 0 Å². The number of carbonyl (C=O) groups is 2. The molecule has 3 aliphatic rings. The van der Waals surface area contributed by atoms with Crippen molar-refractivity contribution in [2.75, 3.05) is 13.1 Å². The highest BCUT2D eigenvalue weighted by atomic mass is 16.5. The van der Waals surface area contributed by atoms with Crippen molar-refractivity contribution in [3.8, 4) is 0 Å². The van der Waals surface area contributed by atoms with Crippen LogP contribution in [0.15, 0.2) is 34.9 Å². The fourth-order valence-corrected chi connectivity index (χ4v) is 4.23. The van der Waals surface area contributed by atoms with E-state index in [0.29, 0.717) is 26.1 Å². The van der Waals surface area contributed by atoms with Gasteiger partial charge in [-0.2, -0.15) is 0 Å². The van der Waals surface area contributed by atoms with E-state index < -0.39 is 0 Å². The predicted molar refractivity (Wildman–Crippen MR) is 99.8 cm³/mol. The summed E-state index contributed by atoms with van der Waals surface area (Å²) in [7, 11) is 0. The average Bonchev–Trinajstić information content (AvgIpc) is 2.84. The molecule has 3 aliphatic heterocycles. The molecule has 5 rings (SSSR count). The summed E-state index contributed by atoms with van der Waals surface area (Å²) in [5.41, 5.74) is 2.83. The van der Waals surface area contributed by atoms with Gasteiger partial charge in [0.2, 0.25) is 11.8 Å². The number of amides is 2. The molecule has 6 heteroatoms. The minimum atomic E-state index is -0.107. The molecule has 0 unspecified atom stereocenters. The zero-order chi connectivity index (χ0) is 19.0. The predicted octanol–water partition coefficient (Wildman–Crippen LogP) is 2.48. The average molecular weight is 367 g/mol. The van der Waals surface area contributed by atoms with Crippen LogP contribution in [0, 0.1) is 19.8 Å². The van der Waals surface area contributed by atoms with E-state index in [2.05, 4.69) is 5.16 Å². The van der Waals surface area contributed by atoms with E-state index in [0.717, 1.165) is 35.4 Å². The molecular weight excluding hydrogens is 342 g/mol. The largest absolute Gasteiger partial charge is 0.361 e. The van der Waals surface area contributed by atoms with Crippen molar-refractivity contribution < 1.29 is 14.1 Å². The Balaban J connectivity index is 1.51. The van der Waals surface area contributed by atoms with Gasteiger partial charge in [-0.25, -0.2) is 0 Å². The minimum Gasteiger partial charge on any atom is -0.361 e. The molecular formula is C21H25N3O3. The molecule has 0 saturated carbocycles. The number of benzene rings is 1. The summed E-state index contributed by atoms with van der Waals surface area (Å²) < 4.78 is 5.26. The number of hydrogen-bond acceptors (Lipinski definition) is 4. The van der Waals surface area contributed by atoms with Crippen LogP contribution >= 0.6 is 0 Å². The Hall–Kier alpha value is -2.63. The molecule has 3 fully saturated rings. The van der Waals surface area contributed by atoms with Gasteiger partial charge in [-0.05, 0) is 32.3 Å². The van der Waals surface area contributed by atoms with Gasteiger partial charge in [0.25, 0.3) is 0 Å². The Morgan fingerprint density at radius 3 is 2.67 bits per heavy atom. The molecule has 142 valence electrons. The molecule has 3 saturated heterocycles. The first-order chi connectivity index (χ1) is 13.0. The molecule has 0 N–H and O–H groups in total. The smallest absolute Gasteiger partial charge is 0.228 e. The number of hydrogen-bond donors (Lipinski definition) is 0. The van der Waals surface area contributed by atoms with Crippen LogP contribution < -0.4 is 0 Å². The summed E-state index contributed by atoms with van der Waals surface area (Å²) in [6.45, 7) is 5.44. The van der Waals surface area contributed by atoms with Crippen molar-refractivity contribution >= 4 is 11.8 Å². The fourth-order valence-electron chi connectivity index (χ4n) is 4.23. The Morgan fingerprint density at radius 1 is 1.19 bits per heavy atom. The van der Waals surface area contributed by atoms with E-state index in [1.54, 1.807) is 0 Å². The summed E-state index contributed by atoms with van der Waals surface area (Å²) in [5, 5.41) is 4.00. The SMILES string of the molecule is Cc1noc(C)c1CN1C(=O)[C@@H]2CC[C@H]1CN(C(=O)Cc1ccccc1)C2. The monoisotopic (exact) mass is 367 g/mol. The van der Waals surface area contributed by atoms with Crippen LogP contribution in [0.4, 0.5) is 0 Å². The molecule has 0 aliphatic carbocycles. The fraction of sp³-hybridized carbons (Fsp3) is 0.476. The third-order valence-electron chi connectivity index (χ3n) is 5.85. The van der Waals surface area contributed by atoms with Crippen LogP contribution in [0.2, 0.25) is 0 Å². The minimum absolute atomic E-state index is 0.0599. The van der Waals surface area contributed by atoms with Gasteiger partial charge < -0.3 is 14.3 Å². The van der Waals surface area contributed by atoms with Crippen molar-refractivity contribution in [2.24, 2.45) is 5.92 Å². The van der Waals surface area contributed by atoms with Crippen LogP contribution in [0.5, 0.6) is 0 Å². The highest BCUT2D eigenvalue weighted by Gasteiger charge is 2.42. The lowest BCUT2D eigenvalue weighted by Crippen LogP contribution is -2.47. The molecule has 2 bridgehead atoms. The van der Waals surface area contributed by atoms with Gasteiger partial charge >= 0.3 is 0 Å². The van der Waals surface area contributed by atoms with E-state index in [9.17, 15) is 9.59 Å².